The van der Waals surface area contributed by atoms with Crippen LogP contribution in [0.3, 0.4) is 0 Å². The molecule has 2 fully saturated rings. The molecular weight excluding hydrogens is 248 g/mol. The topological polar surface area (TPSA) is 41.1 Å². The van der Waals surface area contributed by atoms with E-state index in [2.05, 4.69) is 15.2 Å². The molecular formula is C16H26N4. The van der Waals surface area contributed by atoms with E-state index in [0.29, 0.717) is 5.41 Å². The molecule has 1 aliphatic heterocycles. The van der Waals surface area contributed by atoms with E-state index >= 15 is 0 Å². The molecule has 1 aliphatic carbocycles. The van der Waals surface area contributed by atoms with Gasteiger partial charge in [-0.15, -0.1) is 0 Å². The van der Waals surface area contributed by atoms with E-state index in [-0.39, 0.29) is 0 Å². The van der Waals surface area contributed by atoms with Gasteiger partial charge < -0.3 is 10.2 Å². The third-order valence-electron chi connectivity index (χ3n) is 5.09. The quantitative estimate of drug-likeness (QED) is 0.920. The summed E-state index contributed by atoms with van der Waals surface area (Å²) in [5.74, 6) is 1.06. The van der Waals surface area contributed by atoms with Gasteiger partial charge in [0.05, 0.1) is 11.9 Å². The van der Waals surface area contributed by atoms with Crippen molar-refractivity contribution in [3.05, 3.63) is 18.1 Å². The Hall–Kier alpha value is -1.16. The number of piperidine rings is 1. The highest BCUT2D eigenvalue weighted by molar-refractivity contribution is 5.37. The number of anilines is 1. The molecule has 1 saturated heterocycles. The standard InChI is InChI=1S/C16H26N4/c1-17-11-14-12-18-13-15(19-14)20-9-7-16(8-10-20)5-3-2-4-6-16/h12-13,17H,2-11H2,1H3. The zero-order valence-electron chi connectivity index (χ0n) is 12.6. The summed E-state index contributed by atoms with van der Waals surface area (Å²) >= 11 is 0. The van der Waals surface area contributed by atoms with Gasteiger partial charge in [-0.05, 0) is 38.1 Å². The Labute approximate surface area is 122 Å². The first-order valence-corrected chi connectivity index (χ1v) is 8.02. The summed E-state index contributed by atoms with van der Waals surface area (Å²) in [5, 5.41) is 3.14. The van der Waals surface area contributed by atoms with Crippen molar-refractivity contribution >= 4 is 5.82 Å². The molecule has 0 amide bonds. The molecule has 1 spiro atoms. The summed E-state index contributed by atoms with van der Waals surface area (Å²) in [4.78, 5) is 11.5. The summed E-state index contributed by atoms with van der Waals surface area (Å²) in [6.45, 7) is 3.09. The molecule has 4 nitrogen and oxygen atoms in total. The van der Waals surface area contributed by atoms with E-state index in [4.69, 9.17) is 4.98 Å². The maximum atomic E-state index is 4.72. The molecule has 1 aromatic rings. The van der Waals surface area contributed by atoms with Crippen molar-refractivity contribution in [1.82, 2.24) is 15.3 Å². The van der Waals surface area contributed by atoms with Gasteiger partial charge in [-0.25, -0.2) is 4.98 Å². The molecule has 0 atom stereocenters. The first kappa shape index (κ1) is 13.8. The molecule has 1 saturated carbocycles. The van der Waals surface area contributed by atoms with Crippen LogP contribution in [0.1, 0.15) is 50.6 Å². The second-order valence-electron chi connectivity index (χ2n) is 6.45. The van der Waals surface area contributed by atoms with E-state index in [1.54, 1.807) is 0 Å². The van der Waals surface area contributed by atoms with Crippen molar-refractivity contribution in [1.29, 1.82) is 0 Å². The highest BCUT2D eigenvalue weighted by Crippen LogP contribution is 2.44. The van der Waals surface area contributed by atoms with Crippen LogP contribution in [0.4, 0.5) is 5.82 Å². The van der Waals surface area contributed by atoms with Crippen LogP contribution in [0.2, 0.25) is 0 Å². The van der Waals surface area contributed by atoms with E-state index in [1.807, 2.05) is 19.4 Å². The monoisotopic (exact) mass is 274 g/mol. The van der Waals surface area contributed by atoms with Crippen LogP contribution in [0, 0.1) is 5.41 Å². The third-order valence-corrected chi connectivity index (χ3v) is 5.09. The molecule has 20 heavy (non-hydrogen) atoms. The molecule has 110 valence electrons. The first-order valence-electron chi connectivity index (χ1n) is 8.02. The first-order chi connectivity index (χ1) is 9.81. The lowest BCUT2D eigenvalue weighted by Gasteiger charge is -2.44. The van der Waals surface area contributed by atoms with Gasteiger partial charge in [0.15, 0.2) is 0 Å². The number of nitrogens with one attached hydrogen (secondary N) is 1. The summed E-state index contributed by atoms with van der Waals surface area (Å²) < 4.78 is 0. The molecule has 2 heterocycles. The summed E-state index contributed by atoms with van der Waals surface area (Å²) in [5.41, 5.74) is 1.69. The van der Waals surface area contributed by atoms with Crippen molar-refractivity contribution in [2.45, 2.75) is 51.5 Å². The average molecular weight is 274 g/mol. The van der Waals surface area contributed by atoms with Crippen molar-refractivity contribution in [2.24, 2.45) is 5.41 Å². The van der Waals surface area contributed by atoms with Crippen LogP contribution in [0.5, 0.6) is 0 Å². The molecule has 1 N–H and O–H groups in total. The zero-order valence-corrected chi connectivity index (χ0v) is 12.6. The summed E-state index contributed by atoms with van der Waals surface area (Å²) in [7, 11) is 1.95. The van der Waals surface area contributed by atoms with Gasteiger partial charge in [-0.1, -0.05) is 19.3 Å². The second-order valence-corrected chi connectivity index (χ2v) is 6.45. The Morgan fingerprint density at radius 1 is 1.10 bits per heavy atom. The normalized spacial score (nSPS) is 22.1. The lowest BCUT2D eigenvalue weighted by Crippen LogP contribution is -2.41. The van der Waals surface area contributed by atoms with E-state index < -0.39 is 0 Å². The fourth-order valence-corrected chi connectivity index (χ4v) is 3.83. The minimum atomic E-state index is 0.658. The lowest BCUT2D eigenvalue weighted by atomic mass is 9.68. The Morgan fingerprint density at radius 2 is 1.85 bits per heavy atom. The fourth-order valence-electron chi connectivity index (χ4n) is 3.83. The zero-order chi connectivity index (χ0) is 13.8. The maximum absolute atomic E-state index is 4.72. The smallest absolute Gasteiger partial charge is 0.147 e. The minimum absolute atomic E-state index is 0.658. The molecule has 3 rings (SSSR count). The predicted molar refractivity (Wildman–Crippen MR) is 81.8 cm³/mol. The van der Waals surface area contributed by atoms with Crippen LogP contribution >= 0.6 is 0 Å². The molecule has 2 aliphatic rings. The molecule has 0 radical (unpaired) electrons. The van der Waals surface area contributed by atoms with Gasteiger partial charge in [0.1, 0.15) is 5.82 Å². The molecule has 0 bridgehead atoms. The molecule has 4 heteroatoms. The van der Waals surface area contributed by atoms with Crippen LogP contribution in [0.15, 0.2) is 12.4 Å². The van der Waals surface area contributed by atoms with Crippen molar-refractivity contribution in [3.63, 3.8) is 0 Å². The Balaban J connectivity index is 1.64. The third kappa shape index (κ3) is 2.95. The Kier molecular flexibility index (Phi) is 4.20. The SMILES string of the molecule is CNCc1cncc(N2CCC3(CCCCC3)CC2)n1. The largest absolute Gasteiger partial charge is 0.355 e. The predicted octanol–water partition coefficient (Wildman–Crippen LogP) is 2.75. The lowest BCUT2D eigenvalue weighted by molar-refractivity contribution is 0.144. The van der Waals surface area contributed by atoms with Crippen molar-refractivity contribution in [2.75, 3.05) is 25.0 Å². The van der Waals surface area contributed by atoms with Gasteiger partial charge in [0.25, 0.3) is 0 Å². The van der Waals surface area contributed by atoms with Gasteiger partial charge >= 0.3 is 0 Å². The fraction of sp³-hybridized carbons (Fsp3) is 0.750. The van der Waals surface area contributed by atoms with Gasteiger partial charge in [-0.3, -0.25) is 4.98 Å². The highest BCUT2D eigenvalue weighted by Gasteiger charge is 2.35. The van der Waals surface area contributed by atoms with Crippen LogP contribution in [0.25, 0.3) is 0 Å². The van der Waals surface area contributed by atoms with Crippen LogP contribution < -0.4 is 10.2 Å². The molecule has 0 aromatic carbocycles. The van der Waals surface area contributed by atoms with E-state index in [1.165, 1.54) is 44.9 Å². The molecule has 1 aromatic heterocycles. The van der Waals surface area contributed by atoms with E-state index in [0.717, 1.165) is 31.1 Å². The van der Waals surface area contributed by atoms with Crippen molar-refractivity contribution in [3.8, 4) is 0 Å². The number of rotatable bonds is 3. The molecule has 0 unspecified atom stereocenters. The van der Waals surface area contributed by atoms with Crippen LogP contribution in [-0.4, -0.2) is 30.1 Å². The second kappa shape index (κ2) is 6.08. The van der Waals surface area contributed by atoms with Gasteiger partial charge in [-0.2, -0.15) is 0 Å². The summed E-state index contributed by atoms with van der Waals surface area (Å²) in [6.07, 6.45) is 13.7. The summed E-state index contributed by atoms with van der Waals surface area (Å²) in [6, 6.07) is 0. The minimum Gasteiger partial charge on any atom is -0.355 e. The number of hydrogen-bond acceptors (Lipinski definition) is 4. The number of hydrogen-bond donors (Lipinski definition) is 1. The van der Waals surface area contributed by atoms with Gasteiger partial charge in [0.2, 0.25) is 0 Å². The maximum Gasteiger partial charge on any atom is 0.147 e. The highest BCUT2D eigenvalue weighted by atomic mass is 15.2. The average Bonchev–Trinajstić information content (AvgIpc) is 2.50. The van der Waals surface area contributed by atoms with Crippen molar-refractivity contribution < 1.29 is 0 Å². The Bertz CT molecular complexity index is 430. The van der Waals surface area contributed by atoms with Crippen LogP contribution in [-0.2, 0) is 6.54 Å². The van der Waals surface area contributed by atoms with E-state index in [9.17, 15) is 0 Å². The van der Waals surface area contributed by atoms with Gasteiger partial charge in [0, 0.05) is 25.8 Å². The Morgan fingerprint density at radius 3 is 2.55 bits per heavy atom. The number of nitrogens with zero attached hydrogens (tertiary/aromatic N) is 3. The number of aromatic nitrogens is 2.